The molecule has 1 atom stereocenters. The lowest BCUT2D eigenvalue weighted by molar-refractivity contribution is -0.0257. The quantitative estimate of drug-likeness (QED) is 0.676. The molecule has 1 unspecified atom stereocenters. The van der Waals surface area contributed by atoms with Crippen LogP contribution < -0.4 is 0 Å². The van der Waals surface area contributed by atoms with E-state index in [0.717, 1.165) is 12.8 Å². The molecule has 0 aliphatic carbocycles. The molecule has 0 amide bonds. The van der Waals surface area contributed by atoms with E-state index in [2.05, 4.69) is 15.9 Å². The number of hydrogen-bond acceptors (Lipinski definition) is 1. The van der Waals surface area contributed by atoms with Crippen LogP contribution >= 0.6 is 15.9 Å². The standard InChI is InChI=1S/C7H11BrF2O/c8-5-7(4-6(9)10)2-1-3-11-7/h6H,1-5H2. The van der Waals surface area contributed by atoms with Gasteiger partial charge in [-0.25, -0.2) is 8.78 Å². The zero-order chi connectivity index (χ0) is 8.32. The van der Waals surface area contributed by atoms with Gasteiger partial charge in [0.25, 0.3) is 0 Å². The predicted octanol–water partition coefficient (Wildman–Crippen LogP) is 2.59. The molecule has 66 valence electrons. The summed E-state index contributed by atoms with van der Waals surface area (Å²) in [5.41, 5.74) is -0.575. The van der Waals surface area contributed by atoms with Crippen LogP contribution in [0.1, 0.15) is 19.3 Å². The van der Waals surface area contributed by atoms with Crippen LogP contribution in [0.4, 0.5) is 8.78 Å². The van der Waals surface area contributed by atoms with Gasteiger partial charge in [-0.05, 0) is 12.8 Å². The summed E-state index contributed by atoms with van der Waals surface area (Å²) in [6.07, 6.45) is -0.746. The lowest BCUT2D eigenvalue weighted by Crippen LogP contribution is -2.32. The van der Waals surface area contributed by atoms with E-state index < -0.39 is 12.0 Å². The van der Waals surface area contributed by atoms with Crippen LogP contribution in [0.3, 0.4) is 0 Å². The SMILES string of the molecule is FC(F)CC1(CBr)CCCO1. The van der Waals surface area contributed by atoms with Crippen LogP contribution in [0.2, 0.25) is 0 Å². The summed E-state index contributed by atoms with van der Waals surface area (Å²) < 4.78 is 29.3. The number of halogens is 3. The first-order chi connectivity index (χ1) is 5.18. The molecule has 0 aromatic heterocycles. The maximum Gasteiger partial charge on any atom is 0.241 e. The van der Waals surface area contributed by atoms with Crippen molar-refractivity contribution in [2.45, 2.75) is 31.3 Å². The topological polar surface area (TPSA) is 9.23 Å². The van der Waals surface area contributed by atoms with Crippen molar-refractivity contribution in [1.29, 1.82) is 0 Å². The number of alkyl halides is 3. The number of ether oxygens (including phenoxy) is 1. The van der Waals surface area contributed by atoms with Crippen molar-refractivity contribution in [2.75, 3.05) is 11.9 Å². The van der Waals surface area contributed by atoms with E-state index in [1.807, 2.05) is 0 Å². The van der Waals surface area contributed by atoms with Crippen LogP contribution in [-0.2, 0) is 4.74 Å². The molecule has 0 aromatic rings. The fourth-order valence-corrected chi connectivity index (χ4v) is 2.03. The Kier molecular flexibility index (Phi) is 3.25. The van der Waals surface area contributed by atoms with Gasteiger partial charge in [0.1, 0.15) is 0 Å². The Morgan fingerprint density at radius 1 is 1.55 bits per heavy atom. The van der Waals surface area contributed by atoms with Crippen molar-refractivity contribution < 1.29 is 13.5 Å². The van der Waals surface area contributed by atoms with Gasteiger partial charge in [-0.15, -0.1) is 0 Å². The van der Waals surface area contributed by atoms with Crippen molar-refractivity contribution in [1.82, 2.24) is 0 Å². The van der Waals surface area contributed by atoms with Crippen LogP contribution in [0.25, 0.3) is 0 Å². The second kappa shape index (κ2) is 3.81. The lowest BCUT2D eigenvalue weighted by atomic mass is 9.99. The van der Waals surface area contributed by atoms with Gasteiger partial charge in [-0.3, -0.25) is 0 Å². The number of hydrogen-bond donors (Lipinski definition) is 0. The zero-order valence-corrected chi connectivity index (χ0v) is 7.74. The zero-order valence-electron chi connectivity index (χ0n) is 6.16. The third-order valence-corrected chi connectivity index (χ3v) is 2.98. The summed E-state index contributed by atoms with van der Waals surface area (Å²) >= 11 is 3.20. The van der Waals surface area contributed by atoms with E-state index in [4.69, 9.17) is 4.74 Å². The Hall–Kier alpha value is 0.300. The van der Waals surface area contributed by atoms with Crippen LogP contribution in [0, 0.1) is 0 Å². The number of rotatable bonds is 3. The minimum Gasteiger partial charge on any atom is -0.374 e. The summed E-state index contributed by atoms with van der Waals surface area (Å²) in [4.78, 5) is 0. The first kappa shape index (κ1) is 9.39. The molecule has 0 aromatic carbocycles. The van der Waals surface area contributed by atoms with Crippen LogP contribution in [0.5, 0.6) is 0 Å². The summed E-state index contributed by atoms with van der Waals surface area (Å²) in [7, 11) is 0. The average molecular weight is 229 g/mol. The molecule has 0 radical (unpaired) electrons. The normalized spacial score (nSPS) is 31.6. The van der Waals surface area contributed by atoms with Gasteiger partial charge in [0, 0.05) is 18.4 Å². The van der Waals surface area contributed by atoms with E-state index in [1.54, 1.807) is 0 Å². The van der Waals surface area contributed by atoms with Crippen LogP contribution in [-0.4, -0.2) is 24.0 Å². The summed E-state index contributed by atoms with van der Waals surface area (Å²) in [6, 6.07) is 0. The summed E-state index contributed by atoms with van der Waals surface area (Å²) in [5.74, 6) is 0. The van der Waals surface area contributed by atoms with Crippen molar-refractivity contribution in [2.24, 2.45) is 0 Å². The average Bonchev–Trinajstić information content (AvgIpc) is 2.36. The van der Waals surface area contributed by atoms with E-state index in [0.29, 0.717) is 11.9 Å². The molecule has 1 rings (SSSR count). The van der Waals surface area contributed by atoms with E-state index in [9.17, 15) is 8.78 Å². The van der Waals surface area contributed by atoms with Gasteiger partial charge in [-0.2, -0.15) is 0 Å². The second-order valence-electron chi connectivity index (χ2n) is 2.86. The Morgan fingerprint density at radius 3 is 2.64 bits per heavy atom. The molecule has 0 spiro atoms. The van der Waals surface area contributed by atoms with E-state index in [-0.39, 0.29) is 6.42 Å². The van der Waals surface area contributed by atoms with Gasteiger partial charge in [-0.1, -0.05) is 15.9 Å². The molecule has 1 saturated heterocycles. The minimum atomic E-state index is -2.26. The first-order valence-electron chi connectivity index (χ1n) is 3.67. The molecule has 4 heteroatoms. The minimum absolute atomic E-state index is 0.141. The Balaban J connectivity index is 2.45. The van der Waals surface area contributed by atoms with E-state index in [1.165, 1.54) is 0 Å². The molecule has 1 nitrogen and oxygen atoms in total. The molecule has 0 saturated carbocycles. The largest absolute Gasteiger partial charge is 0.374 e. The summed E-state index contributed by atoms with van der Waals surface area (Å²) in [5, 5.41) is 0.518. The smallest absolute Gasteiger partial charge is 0.241 e. The van der Waals surface area contributed by atoms with Crippen LogP contribution in [0.15, 0.2) is 0 Å². The molecular formula is C7H11BrF2O. The molecule has 1 aliphatic rings. The van der Waals surface area contributed by atoms with Crippen molar-refractivity contribution in [3.05, 3.63) is 0 Å². The lowest BCUT2D eigenvalue weighted by Gasteiger charge is -2.25. The van der Waals surface area contributed by atoms with Gasteiger partial charge in [0.2, 0.25) is 6.43 Å². The molecule has 0 N–H and O–H groups in total. The molecule has 1 heterocycles. The molecular weight excluding hydrogens is 218 g/mol. The third kappa shape index (κ3) is 2.37. The van der Waals surface area contributed by atoms with Crippen molar-refractivity contribution >= 4 is 15.9 Å². The highest BCUT2D eigenvalue weighted by Gasteiger charge is 2.36. The first-order valence-corrected chi connectivity index (χ1v) is 4.79. The van der Waals surface area contributed by atoms with Crippen molar-refractivity contribution in [3.8, 4) is 0 Å². The Morgan fingerprint density at radius 2 is 2.27 bits per heavy atom. The second-order valence-corrected chi connectivity index (χ2v) is 3.42. The molecule has 1 aliphatic heterocycles. The summed E-state index contributed by atoms with van der Waals surface area (Å²) in [6.45, 7) is 0.623. The Bertz CT molecular complexity index is 124. The van der Waals surface area contributed by atoms with E-state index >= 15 is 0 Å². The highest BCUT2D eigenvalue weighted by Crippen LogP contribution is 2.33. The van der Waals surface area contributed by atoms with Gasteiger partial charge in [0.05, 0.1) is 5.60 Å². The van der Waals surface area contributed by atoms with Crippen molar-refractivity contribution in [3.63, 3.8) is 0 Å². The Labute approximate surface area is 73.2 Å². The molecule has 11 heavy (non-hydrogen) atoms. The highest BCUT2D eigenvalue weighted by atomic mass is 79.9. The fraction of sp³-hybridized carbons (Fsp3) is 1.00. The highest BCUT2D eigenvalue weighted by molar-refractivity contribution is 9.09. The maximum atomic E-state index is 12.0. The fourth-order valence-electron chi connectivity index (χ4n) is 1.36. The third-order valence-electron chi connectivity index (χ3n) is 1.95. The van der Waals surface area contributed by atoms with Gasteiger partial charge < -0.3 is 4.74 Å². The molecule has 1 fully saturated rings. The predicted molar refractivity (Wildman–Crippen MR) is 42.3 cm³/mol. The maximum absolute atomic E-state index is 12.0. The van der Waals surface area contributed by atoms with Gasteiger partial charge >= 0.3 is 0 Å². The molecule has 0 bridgehead atoms. The van der Waals surface area contributed by atoms with Gasteiger partial charge in [0.15, 0.2) is 0 Å². The monoisotopic (exact) mass is 228 g/mol.